The molecule has 2 heterocycles. The number of halogens is 2. The maximum atomic E-state index is 13.9. The van der Waals surface area contributed by atoms with Gasteiger partial charge in [-0.2, -0.15) is 17.7 Å². The quantitative estimate of drug-likeness (QED) is 0.315. The Labute approximate surface area is 194 Å². The van der Waals surface area contributed by atoms with E-state index in [9.17, 15) is 22.3 Å². The van der Waals surface area contributed by atoms with Crippen LogP contribution in [0.3, 0.4) is 0 Å². The first-order chi connectivity index (χ1) is 15.7. The van der Waals surface area contributed by atoms with Gasteiger partial charge in [0.1, 0.15) is 5.82 Å². The van der Waals surface area contributed by atoms with E-state index in [-0.39, 0.29) is 54.4 Å². The van der Waals surface area contributed by atoms with E-state index >= 15 is 0 Å². The highest BCUT2D eigenvalue weighted by Gasteiger charge is 2.28. The molecule has 1 aliphatic rings. The SMILES string of the molecule is COc1cc(NS(=O)(=O)N2CCN(CC(O)CO)CC2)nc(SCc2cccc(F)c2F)n1. The number of ether oxygens (including phenoxy) is 1. The highest BCUT2D eigenvalue weighted by Crippen LogP contribution is 2.26. The van der Waals surface area contributed by atoms with E-state index in [2.05, 4.69) is 14.7 Å². The van der Waals surface area contributed by atoms with Gasteiger partial charge in [0.2, 0.25) is 5.88 Å². The summed E-state index contributed by atoms with van der Waals surface area (Å²) in [5, 5.41) is 18.6. The molecule has 0 bridgehead atoms. The summed E-state index contributed by atoms with van der Waals surface area (Å²) in [5.74, 6) is -1.81. The van der Waals surface area contributed by atoms with Gasteiger partial charge in [0.25, 0.3) is 0 Å². The summed E-state index contributed by atoms with van der Waals surface area (Å²) < 4.78 is 61.7. The molecule has 14 heteroatoms. The maximum absolute atomic E-state index is 13.9. The number of benzene rings is 1. The smallest absolute Gasteiger partial charge is 0.302 e. The van der Waals surface area contributed by atoms with E-state index in [0.29, 0.717) is 13.1 Å². The van der Waals surface area contributed by atoms with Crippen LogP contribution in [0.2, 0.25) is 0 Å². The third-order valence-corrected chi connectivity index (χ3v) is 7.27. The molecule has 1 fully saturated rings. The number of piperazine rings is 1. The van der Waals surface area contributed by atoms with Gasteiger partial charge >= 0.3 is 10.2 Å². The van der Waals surface area contributed by atoms with Crippen molar-refractivity contribution in [2.45, 2.75) is 17.0 Å². The number of hydrogen-bond donors (Lipinski definition) is 3. The summed E-state index contributed by atoms with van der Waals surface area (Å²) >= 11 is 1.00. The molecular weight excluding hydrogens is 480 g/mol. The van der Waals surface area contributed by atoms with Crippen molar-refractivity contribution in [2.24, 2.45) is 0 Å². The molecule has 1 saturated heterocycles. The molecule has 1 aliphatic heterocycles. The molecule has 1 aromatic heterocycles. The number of methoxy groups -OCH3 is 1. The van der Waals surface area contributed by atoms with E-state index in [0.717, 1.165) is 17.8 Å². The van der Waals surface area contributed by atoms with Crippen molar-refractivity contribution in [2.75, 3.05) is 51.2 Å². The summed E-state index contributed by atoms with van der Waals surface area (Å²) in [6, 6.07) is 5.17. The van der Waals surface area contributed by atoms with Crippen LogP contribution in [-0.4, -0.2) is 90.3 Å². The van der Waals surface area contributed by atoms with Gasteiger partial charge in [0.05, 0.1) is 19.8 Å². The van der Waals surface area contributed by atoms with Gasteiger partial charge in [-0.1, -0.05) is 23.9 Å². The molecule has 0 aliphatic carbocycles. The Bertz CT molecular complexity index is 1050. The van der Waals surface area contributed by atoms with Gasteiger partial charge in [0.15, 0.2) is 16.8 Å². The van der Waals surface area contributed by atoms with Gasteiger partial charge in [-0.15, -0.1) is 0 Å². The molecule has 33 heavy (non-hydrogen) atoms. The van der Waals surface area contributed by atoms with Crippen LogP contribution >= 0.6 is 11.8 Å². The fourth-order valence-electron chi connectivity index (χ4n) is 3.13. The predicted octanol–water partition coefficient (Wildman–Crippen LogP) is 0.683. The second kappa shape index (κ2) is 11.4. The van der Waals surface area contributed by atoms with E-state index in [1.165, 1.54) is 29.6 Å². The largest absolute Gasteiger partial charge is 0.481 e. The third-order valence-electron chi connectivity index (χ3n) is 4.86. The van der Waals surface area contributed by atoms with E-state index < -0.39 is 27.9 Å². The Morgan fingerprint density at radius 1 is 1.24 bits per heavy atom. The van der Waals surface area contributed by atoms with Crippen LogP contribution in [0.5, 0.6) is 5.88 Å². The van der Waals surface area contributed by atoms with Crippen LogP contribution in [-0.2, 0) is 16.0 Å². The zero-order chi connectivity index (χ0) is 24.0. The first-order valence-corrected chi connectivity index (χ1v) is 12.4. The Kier molecular flexibility index (Phi) is 8.78. The zero-order valence-electron chi connectivity index (χ0n) is 17.8. The topological polar surface area (TPSA) is 128 Å². The van der Waals surface area contributed by atoms with Gasteiger partial charge in [-0.3, -0.25) is 9.62 Å². The molecule has 0 spiro atoms. The number of nitrogens with one attached hydrogen (secondary N) is 1. The molecule has 1 unspecified atom stereocenters. The van der Waals surface area contributed by atoms with Crippen LogP contribution in [0.4, 0.5) is 14.6 Å². The fraction of sp³-hybridized carbons (Fsp3) is 0.474. The summed E-state index contributed by atoms with van der Waals surface area (Å²) in [5.41, 5.74) is 0.123. The number of thioether (sulfide) groups is 1. The lowest BCUT2D eigenvalue weighted by atomic mass is 10.2. The molecule has 1 atom stereocenters. The second-order valence-electron chi connectivity index (χ2n) is 7.22. The Hall–Kier alpha value is -2.10. The van der Waals surface area contributed by atoms with Gasteiger partial charge in [0, 0.05) is 50.1 Å². The van der Waals surface area contributed by atoms with Crippen LogP contribution in [0.15, 0.2) is 29.4 Å². The first-order valence-electron chi connectivity index (χ1n) is 9.99. The summed E-state index contributed by atoms with van der Waals surface area (Å²) in [7, 11) is -2.57. The normalized spacial score (nSPS) is 16.5. The Morgan fingerprint density at radius 3 is 2.64 bits per heavy atom. The minimum Gasteiger partial charge on any atom is -0.481 e. The standard InChI is InChI=1S/C19H25F2N5O5S2/c1-31-17-9-16(22-19(23-17)32-12-13-3-2-4-15(20)18(13)21)24-33(29,30)26-7-5-25(6-8-26)10-14(28)11-27/h2-4,9,14,27-28H,5-8,10-12H2,1H3,(H,22,23,24). The van der Waals surface area contributed by atoms with Gasteiger partial charge in [-0.05, 0) is 6.07 Å². The molecule has 10 nitrogen and oxygen atoms in total. The number of β-amino-alcohol motifs (C(OH)–C–C–N with tert-alkyl or cyclic N) is 1. The first kappa shape index (κ1) is 25.5. The minimum atomic E-state index is -3.93. The van der Waals surface area contributed by atoms with Crippen molar-refractivity contribution in [3.8, 4) is 5.88 Å². The molecule has 0 saturated carbocycles. The minimum absolute atomic E-state index is 0.0257. The van der Waals surface area contributed by atoms with Crippen LogP contribution in [0, 0.1) is 11.6 Å². The molecule has 0 amide bonds. The van der Waals surface area contributed by atoms with Crippen molar-refractivity contribution in [1.29, 1.82) is 0 Å². The monoisotopic (exact) mass is 505 g/mol. The lowest BCUT2D eigenvalue weighted by molar-refractivity contribution is 0.0491. The predicted molar refractivity (Wildman–Crippen MR) is 118 cm³/mol. The van der Waals surface area contributed by atoms with Crippen LogP contribution < -0.4 is 9.46 Å². The average Bonchev–Trinajstić information content (AvgIpc) is 2.79. The Balaban J connectivity index is 1.67. The fourth-order valence-corrected chi connectivity index (χ4v) is 5.10. The maximum Gasteiger partial charge on any atom is 0.302 e. The number of nitrogens with zero attached hydrogens (tertiary/aromatic N) is 4. The zero-order valence-corrected chi connectivity index (χ0v) is 19.4. The van der Waals surface area contributed by atoms with E-state index in [1.807, 2.05) is 4.90 Å². The van der Waals surface area contributed by atoms with Crippen LogP contribution in [0.1, 0.15) is 5.56 Å². The molecule has 1 aromatic carbocycles. The number of rotatable bonds is 10. The molecule has 2 aromatic rings. The molecular formula is C19H25F2N5O5S2. The summed E-state index contributed by atoms with van der Waals surface area (Å²) in [6.07, 6.45) is -0.878. The number of anilines is 1. The second-order valence-corrected chi connectivity index (χ2v) is 9.84. The van der Waals surface area contributed by atoms with E-state index in [4.69, 9.17) is 9.84 Å². The number of hydrogen-bond acceptors (Lipinski definition) is 9. The van der Waals surface area contributed by atoms with Crippen LogP contribution in [0.25, 0.3) is 0 Å². The summed E-state index contributed by atoms with van der Waals surface area (Å²) in [6.45, 7) is 1.07. The van der Waals surface area contributed by atoms with Crippen molar-refractivity contribution in [1.82, 2.24) is 19.2 Å². The van der Waals surface area contributed by atoms with Crippen molar-refractivity contribution in [3.63, 3.8) is 0 Å². The summed E-state index contributed by atoms with van der Waals surface area (Å²) in [4.78, 5) is 10.1. The molecule has 0 radical (unpaired) electrons. The number of aliphatic hydroxyl groups is 2. The van der Waals surface area contributed by atoms with E-state index in [1.54, 1.807) is 0 Å². The Morgan fingerprint density at radius 2 is 1.97 bits per heavy atom. The molecule has 182 valence electrons. The lowest BCUT2D eigenvalue weighted by Crippen LogP contribution is -2.52. The highest BCUT2D eigenvalue weighted by atomic mass is 32.2. The average molecular weight is 506 g/mol. The van der Waals surface area contributed by atoms with Gasteiger partial charge in [-0.25, -0.2) is 13.8 Å². The lowest BCUT2D eigenvalue weighted by Gasteiger charge is -2.34. The number of aromatic nitrogens is 2. The number of aliphatic hydroxyl groups excluding tert-OH is 2. The van der Waals surface area contributed by atoms with Gasteiger partial charge < -0.3 is 14.9 Å². The highest BCUT2D eigenvalue weighted by molar-refractivity contribution is 7.98. The van der Waals surface area contributed by atoms with Crippen molar-refractivity contribution < 1.29 is 32.1 Å². The third kappa shape index (κ3) is 6.94. The van der Waals surface area contributed by atoms with Crippen molar-refractivity contribution >= 4 is 27.8 Å². The molecule has 3 rings (SSSR count). The molecule has 3 N–H and O–H groups in total. The van der Waals surface area contributed by atoms with Crippen molar-refractivity contribution in [3.05, 3.63) is 41.5 Å².